The first-order valence-electron chi connectivity index (χ1n) is 8.35. The number of nitrogens with one attached hydrogen (secondary N) is 2. The van der Waals surface area contributed by atoms with Crippen molar-refractivity contribution in [1.29, 1.82) is 0 Å². The predicted octanol–water partition coefficient (Wildman–Crippen LogP) is 3.26. The molecule has 0 atom stereocenters. The van der Waals surface area contributed by atoms with Crippen LogP contribution in [-0.2, 0) is 9.53 Å². The van der Waals surface area contributed by atoms with Crippen molar-refractivity contribution < 1.29 is 14.3 Å². The van der Waals surface area contributed by atoms with Crippen molar-refractivity contribution in [1.82, 2.24) is 15.3 Å². The lowest BCUT2D eigenvalue weighted by molar-refractivity contribution is -0.139. The number of esters is 1. The van der Waals surface area contributed by atoms with E-state index in [9.17, 15) is 9.59 Å². The number of ether oxygens (including phenoxy) is 1. The summed E-state index contributed by atoms with van der Waals surface area (Å²) in [5.41, 5.74) is 2.43. The van der Waals surface area contributed by atoms with Crippen molar-refractivity contribution in [3.8, 4) is 0 Å². The molecule has 1 amide bonds. The van der Waals surface area contributed by atoms with Crippen LogP contribution in [0.4, 0.5) is 11.5 Å². The Balaban J connectivity index is 1.80. The molecule has 2 N–H and O–H groups in total. The fourth-order valence-electron chi connectivity index (χ4n) is 2.62. The zero-order valence-electron chi connectivity index (χ0n) is 15.5. The summed E-state index contributed by atoms with van der Waals surface area (Å²) in [5, 5.41) is 6.84. The fourth-order valence-corrected chi connectivity index (χ4v) is 3.69. The van der Waals surface area contributed by atoms with Gasteiger partial charge in [0.25, 0.3) is 5.91 Å². The molecule has 140 valence electrons. The topological polar surface area (TPSA) is 93.2 Å². The van der Waals surface area contributed by atoms with Crippen LogP contribution in [0.15, 0.2) is 24.3 Å². The molecule has 0 saturated heterocycles. The van der Waals surface area contributed by atoms with E-state index in [0.717, 1.165) is 27.3 Å². The zero-order chi connectivity index (χ0) is 19.6. The molecular weight excluding hydrogens is 364 g/mol. The Kier molecular flexibility index (Phi) is 5.36. The maximum atomic E-state index is 12.0. The van der Waals surface area contributed by atoms with Gasteiger partial charge in [-0.3, -0.25) is 9.59 Å². The van der Waals surface area contributed by atoms with Crippen molar-refractivity contribution in [2.75, 3.05) is 19.0 Å². The summed E-state index contributed by atoms with van der Waals surface area (Å²) in [5.74, 6) is 0.620. The minimum atomic E-state index is -0.494. The highest BCUT2D eigenvalue weighted by molar-refractivity contribution is 7.18. The van der Waals surface area contributed by atoms with Crippen molar-refractivity contribution in [3.05, 3.63) is 46.1 Å². The monoisotopic (exact) mass is 384 g/mol. The molecule has 0 aliphatic heterocycles. The van der Waals surface area contributed by atoms with E-state index in [1.54, 1.807) is 35.6 Å². The number of aryl methyl sites for hydroxylation is 3. The highest BCUT2D eigenvalue weighted by atomic mass is 32.1. The van der Waals surface area contributed by atoms with E-state index >= 15 is 0 Å². The Bertz CT molecular complexity index is 1010. The number of thiophene rings is 1. The molecule has 3 rings (SSSR count). The quantitative estimate of drug-likeness (QED) is 0.656. The second-order valence-electron chi connectivity index (χ2n) is 6.04. The Morgan fingerprint density at radius 3 is 2.48 bits per heavy atom. The van der Waals surface area contributed by atoms with Gasteiger partial charge in [-0.2, -0.15) is 0 Å². The normalized spacial score (nSPS) is 10.7. The van der Waals surface area contributed by atoms with Gasteiger partial charge >= 0.3 is 5.97 Å². The van der Waals surface area contributed by atoms with Crippen LogP contribution in [0.1, 0.15) is 26.6 Å². The molecule has 0 spiro atoms. The highest BCUT2D eigenvalue weighted by Gasteiger charge is 2.14. The van der Waals surface area contributed by atoms with Crippen LogP contribution in [0.2, 0.25) is 0 Å². The molecule has 7 nitrogen and oxygen atoms in total. The standard InChI is InChI=1S/C19H20N4O3S/c1-10-11(2)27-19-16(10)17(21-12(3)22-19)23-14-7-5-13(6-8-14)18(25)20-9-15(24)26-4/h5-8H,9H2,1-4H3,(H,20,25)(H,21,22,23). The largest absolute Gasteiger partial charge is 0.468 e. The molecule has 0 bridgehead atoms. The number of fused-ring (bicyclic) bond motifs is 1. The van der Waals surface area contributed by atoms with Gasteiger partial charge in [-0.05, 0) is 50.6 Å². The Labute approximate surface area is 160 Å². The van der Waals surface area contributed by atoms with Crippen LogP contribution >= 0.6 is 11.3 Å². The second kappa shape index (κ2) is 7.71. The first kappa shape index (κ1) is 18.8. The van der Waals surface area contributed by atoms with Gasteiger partial charge in [0.15, 0.2) is 0 Å². The number of hydrogen-bond donors (Lipinski definition) is 2. The van der Waals surface area contributed by atoms with Gasteiger partial charge in [-0.25, -0.2) is 9.97 Å². The first-order chi connectivity index (χ1) is 12.9. The molecule has 3 aromatic rings. The number of aromatic nitrogens is 2. The Hall–Kier alpha value is -3.00. The number of nitrogens with zero attached hydrogens (tertiary/aromatic N) is 2. The molecule has 0 aliphatic carbocycles. The number of rotatable bonds is 5. The molecule has 0 fully saturated rings. The van der Waals surface area contributed by atoms with E-state index in [2.05, 4.69) is 39.2 Å². The van der Waals surface area contributed by atoms with E-state index in [1.807, 2.05) is 6.92 Å². The maximum absolute atomic E-state index is 12.0. The van der Waals surface area contributed by atoms with Crippen LogP contribution in [0.3, 0.4) is 0 Å². The lowest BCUT2D eigenvalue weighted by atomic mass is 10.1. The van der Waals surface area contributed by atoms with Crippen LogP contribution in [0.25, 0.3) is 10.2 Å². The predicted molar refractivity (Wildman–Crippen MR) is 106 cm³/mol. The van der Waals surface area contributed by atoms with Gasteiger partial charge in [0.2, 0.25) is 0 Å². The molecule has 2 heterocycles. The summed E-state index contributed by atoms with van der Waals surface area (Å²) in [6.45, 7) is 5.84. The molecule has 8 heteroatoms. The number of anilines is 2. The van der Waals surface area contributed by atoms with Crippen molar-refractivity contribution in [2.24, 2.45) is 0 Å². The third kappa shape index (κ3) is 4.06. The van der Waals surface area contributed by atoms with E-state index < -0.39 is 5.97 Å². The SMILES string of the molecule is COC(=O)CNC(=O)c1ccc(Nc2nc(C)nc3sc(C)c(C)c23)cc1. The molecule has 27 heavy (non-hydrogen) atoms. The van der Waals surface area contributed by atoms with Gasteiger partial charge in [-0.1, -0.05) is 0 Å². The van der Waals surface area contributed by atoms with Crippen molar-refractivity contribution >= 4 is 44.9 Å². The van der Waals surface area contributed by atoms with Gasteiger partial charge in [0.1, 0.15) is 23.0 Å². The van der Waals surface area contributed by atoms with Gasteiger partial charge in [0.05, 0.1) is 12.5 Å². The Morgan fingerprint density at radius 1 is 1.11 bits per heavy atom. The third-order valence-electron chi connectivity index (χ3n) is 4.17. The molecule has 1 aromatic carbocycles. The number of methoxy groups -OCH3 is 1. The number of amides is 1. The van der Waals surface area contributed by atoms with Crippen molar-refractivity contribution in [3.63, 3.8) is 0 Å². The molecule has 0 unspecified atom stereocenters. The minimum Gasteiger partial charge on any atom is -0.468 e. The van der Waals surface area contributed by atoms with Crippen LogP contribution < -0.4 is 10.6 Å². The van der Waals surface area contributed by atoms with Gasteiger partial charge in [-0.15, -0.1) is 11.3 Å². The second-order valence-corrected chi connectivity index (χ2v) is 7.25. The Morgan fingerprint density at radius 2 is 1.81 bits per heavy atom. The molecule has 0 radical (unpaired) electrons. The minimum absolute atomic E-state index is 0.162. The summed E-state index contributed by atoms with van der Waals surface area (Å²) in [6, 6.07) is 6.97. The summed E-state index contributed by atoms with van der Waals surface area (Å²) in [7, 11) is 1.28. The summed E-state index contributed by atoms with van der Waals surface area (Å²) in [4.78, 5) is 34.4. The summed E-state index contributed by atoms with van der Waals surface area (Å²) < 4.78 is 4.50. The summed E-state index contributed by atoms with van der Waals surface area (Å²) >= 11 is 1.65. The lowest BCUT2D eigenvalue weighted by Gasteiger charge is -2.10. The summed E-state index contributed by atoms with van der Waals surface area (Å²) in [6.07, 6.45) is 0. The number of hydrogen-bond acceptors (Lipinski definition) is 7. The fraction of sp³-hybridized carbons (Fsp3) is 0.263. The van der Waals surface area contributed by atoms with Gasteiger partial charge < -0.3 is 15.4 Å². The average Bonchev–Trinajstić information content (AvgIpc) is 2.93. The van der Waals surface area contributed by atoms with E-state index in [4.69, 9.17) is 0 Å². The average molecular weight is 384 g/mol. The van der Waals surface area contributed by atoms with E-state index in [0.29, 0.717) is 11.4 Å². The number of carbonyl (C=O) groups is 2. The van der Waals surface area contributed by atoms with Crippen LogP contribution in [0.5, 0.6) is 0 Å². The highest BCUT2D eigenvalue weighted by Crippen LogP contribution is 2.34. The zero-order valence-corrected chi connectivity index (χ0v) is 16.4. The van der Waals surface area contributed by atoms with Crippen LogP contribution in [-0.4, -0.2) is 35.5 Å². The van der Waals surface area contributed by atoms with E-state index in [-0.39, 0.29) is 12.5 Å². The number of carbonyl (C=O) groups excluding carboxylic acids is 2. The molecular formula is C19H20N4O3S. The van der Waals surface area contributed by atoms with E-state index in [1.165, 1.54) is 12.0 Å². The van der Waals surface area contributed by atoms with Crippen molar-refractivity contribution in [2.45, 2.75) is 20.8 Å². The third-order valence-corrected chi connectivity index (χ3v) is 5.27. The molecule has 0 saturated carbocycles. The maximum Gasteiger partial charge on any atom is 0.325 e. The van der Waals surface area contributed by atoms with Crippen LogP contribution in [0, 0.1) is 20.8 Å². The smallest absolute Gasteiger partial charge is 0.325 e. The lowest BCUT2D eigenvalue weighted by Crippen LogP contribution is -2.30. The number of benzene rings is 1. The first-order valence-corrected chi connectivity index (χ1v) is 9.17. The molecule has 2 aromatic heterocycles. The molecule has 0 aliphatic rings. The van der Waals surface area contributed by atoms with Gasteiger partial charge in [0, 0.05) is 16.1 Å².